The Morgan fingerprint density at radius 2 is 1.88 bits per heavy atom. The molecule has 2 rings (SSSR count). The van der Waals surface area contributed by atoms with Gasteiger partial charge in [-0.15, -0.1) is 0 Å². The maximum Gasteiger partial charge on any atom is 0.268 e. The Hall–Kier alpha value is -1.57. The zero-order valence-corrected chi connectivity index (χ0v) is 11.2. The molecule has 0 fully saturated rings. The molecular weight excluding hydrogens is 333 g/mol. The van der Waals surface area contributed by atoms with E-state index in [0.29, 0.717) is 17.4 Å². The van der Waals surface area contributed by atoms with Crippen LogP contribution in [0.4, 0.5) is 5.82 Å². The summed E-state index contributed by atoms with van der Waals surface area (Å²) in [4.78, 5) is 7.81. The Morgan fingerprint density at radius 3 is 2.53 bits per heavy atom. The number of halogens is 1. The highest BCUT2D eigenvalue weighted by atomic mass is 127. The molecule has 1 heterocycles. The van der Waals surface area contributed by atoms with Gasteiger partial charge in [0.15, 0.2) is 5.82 Å². The first kappa shape index (κ1) is 11.9. The number of nitrogens with two attached hydrogens (primary N) is 1. The van der Waals surface area contributed by atoms with E-state index in [9.17, 15) is 0 Å². The highest BCUT2D eigenvalue weighted by molar-refractivity contribution is 14.1. The average Bonchev–Trinajstić information content (AvgIpc) is 2.32. The molecule has 5 nitrogen and oxygen atoms in total. The first-order valence-electron chi connectivity index (χ1n) is 4.78. The van der Waals surface area contributed by atoms with Crippen LogP contribution in [0, 0.1) is 3.57 Å². The summed E-state index contributed by atoms with van der Waals surface area (Å²) in [5.41, 5.74) is 5.65. The van der Waals surface area contributed by atoms with Gasteiger partial charge >= 0.3 is 0 Å². The van der Waals surface area contributed by atoms with E-state index in [1.165, 1.54) is 13.4 Å². The van der Waals surface area contributed by atoms with Crippen LogP contribution in [0.15, 0.2) is 30.6 Å². The van der Waals surface area contributed by atoms with Crippen molar-refractivity contribution < 1.29 is 9.47 Å². The van der Waals surface area contributed by atoms with Gasteiger partial charge in [0.25, 0.3) is 5.88 Å². The van der Waals surface area contributed by atoms with E-state index in [1.54, 1.807) is 0 Å². The normalized spacial score (nSPS) is 10.0. The fourth-order valence-corrected chi connectivity index (χ4v) is 1.61. The van der Waals surface area contributed by atoms with Crippen LogP contribution in [0.1, 0.15) is 0 Å². The first-order valence-corrected chi connectivity index (χ1v) is 5.86. The van der Waals surface area contributed by atoms with Gasteiger partial charge in [-0.25, -0.2) is 4.98 Å². The smallest absolute Gasteiger partial charge is 0.268 e. The molecule has 2 N–H and O–H groups in total. The lowest BCUT2D eigenvalue weighted by molar-refractivity contribution is 0.369. The Bertz CT molecular complexity index is 517. The van der Waals surface area contributed by atoms with Gasteiger partial charge in [-0.05, 0) is 46.9 Å². The van der Waals surface area contributed by atoms with Crippen LogP contribution in [0.5, 0.6) is 17.4 Å². The number of benzene rings is 1. The van der Waals surface area contributed by atoms with Gasteiger partial charge in [0, 0.05) is 3.57 Å². The van der Waals surface area contributed by atoms with Crippen LogP contribution in [-0.2, 0) is 0 Å². The minimum Gasteiger partial charge on any atom is -0.489 e. The SMILES string of the molecule is COc1c(N)ncnc1Oc1ccc(I)cc1. The molecule has 0 radical (unpaired) electrons. The molecule has 1 aromatic carbocycles. The summed E-state index contributed by atoms with van der Waals surface area (Å²) in [5.74, 6) is 1.57. The lowest BCUT2D eigenvalue weighted by Crippen LogP contribution is -2.00. The van der Waals surface area contributed by atoms with E-state index in [1.807, 2.05) is 24.3 Å². The van der Waals surface area contributed by atoms with Gasteiger partial charge < -0.3 is 15.2 Å². The third-order valence-corrected chi connectivity index (χ3v) is 2.75. The number of rotatable bonds is 3. The van der Waals surface area contributed by atoms with Crippen LogP contribution < -0.4 is 15.2 Å². The molecule has 1 aromatic heterocycles. The molecule has 0 saturated heterocycles. The third-order valence-electron chi connectivity index (χ3n) is 2.03. The number of methoxy groups -OCH3 is 1. The molecule has 0 aliphatic heterocycles. The molecule has 0 aliphatic rings. The van der Waals surface area contributed by atoms with Gasteiger partial charge in [0.1, 0.15) is 12.1 Å². The second-order valence-corrected chi connectivity index (χ2v) is 4.40. The molecule has 0 saturated carbocycles. The highest BCUT2D eigenvalue weighted by Gasteiger charge is 2.11. The summed E-state index contributed by atoms with van der Waals surface area (Å²) in [5, 5.41) is 0. The zero-order valence-electron chi connectivity index (χ0n) is 9.05. The lowest BCUT2D eigenvalue weighted by atomic mass is 10.3. The molecule has 0 bridgehead atoms. The van der Waals surface area contributed by atoms with Crippen molar-refractivity contribution >= 4 is 28.4 Å². The Morgan fingerprint density at radius 1 is 1.18 bits per heavy atom. The molecule has 0 unspecified atom stereocenters. The number of nitrogen functional groups attached to an aromatic ring is 1. The van der Waals surface area contributed by atoms with E-state index >= 15 is 0 Å². The second kappa shape index (κ2) is 5.17. The van der Waals surface area contributed by atoms with E-state index in [-0.39, 0.29) is 5.82 Å². The summed E-state index contributed by atoms with van der Waals surface area (Å²) in [7, 11) is 1.50. The molecule has 0 atom stereocenters. The van der Waals surface area contributed by atoms with Crippen molar-refractivity contribution in [2.45, 2.75) is 0 Å². The van der Waals surface area contributed by atoms with Crippen molar-refractivity contribution in [1.29, 1.82) is 0 Å². The maximum atomic E-state index is 5.65. The number of anilines is 1. The summed E-state index contributed by atoms with van der Waals surface area (Å²) in [6.07, 6.45) is 1.33. The van der Waals surface area contributed by atoms with Crippen LogP contribution in [0.25, 0.3) is 0 Å². The number of ether oxygens (including phenoxy) is 2. The van der Waals surface area contributed by atoms with E-state index in [0.717, 1.165) is 3.57 Å². The second-order valence-electron chi connectivity index (χ2n) is 3.15. The third kappa shape index (κ3) is 2.76. The Labute approximate surface area is 112 Å². The van der Waals surface area contributed by atoms with E-state index in [2.05, 4.69) is 32.6 Å². The van der Waals surface area contributed by atoms with Crippen LogP contribution in [0.3, 0.4) is 0 Å². The molecule has 0 spiro atoms. The zero-order chi connectivity index (χ0) is 12.3. The number of aromatic nitrogens is 2. The maximum absolute atomic E-state index is 5.65. The molecule has 6 heteroatoms. The largest absolute Gasteiger partial charge is 0.489 e. The monoisotopic (exact) mass is 343 g/mol. The highest BCUT2D eigenvalue weighted by Crippen LogP contribution is 2.32. The van der Waals surface area contributed by atoms with Gasteiger partial charge in [0.05, 0.1) is 7.11 Å². The molecule has 88 valence electrons. The average molecular weight is 343 g/mol. The van der Waals surface area contributed by atoms with Crippen molar-refractivity contribution in [3.63, 3.8) is 0 Å². The molecular formula is C11H10IN3O2. The van der Waals surface area contributed by atoms with Crippen molar-refractivity contribution in [3.8, 4) is 17.4 Å². The predicted octanol–water partition coefficient (Wildman–Crippen LogP) is 2.46. The minimum absolute atomic E-state index is 0.253. The van der Waals surface area contributed by atoms with Gasteiger partial charge in [-0.1, -0.05) is 0 Å². The van der Waals surface area contributed by atoms with Crippen molar-refractivity contribution in [3.05, 3.63) is 34.2 Å². The minimum atomic E-state index is 0.253. The van der Waals surface area contributed by atoms with Crippen LogP contribution >= 0.6 is 22.6 Å². The summed E-state index contributed by atoms with van der Waals surface area (Å²) >= 11 is 2.22. The summed E-state index contributed by atoms with van der Waals surface area (Å²) < 4.78 is 11.8. The molecule has 17 heavy (non-hydrogen) atoms. The molecule has 0 amide bonds. The van der Waals surface area contributed by atoms with Gasteiger partial charge in [-0.2, -0.15) is 4.98 Å². The van der Waals surface area contributed by atoms with Crippen molar-refractivity contribution in [1.82, 2.24) is 9.97 Å². The molecule has 0 aliphatic carbocycles. The van der Waals surface area contributed by atoms with E-state index in [4.69, 9.17) is 15.2 Å². The lowest BCUT2D eigenvalue weighted by Gasteiger charge is -2.09. The quantitative estimate of drug-likeness (QED) is 0.867. The van der Waals surface area contributed by atoms with Gasteiger partial charge in [-0.3, -0.25) is 0 Å². The summed E-state index contributed by atoms with van der Waals surface area (Å²) in [6.45, 7) is 0. The van der Waals surface area contributed by atoms with E-state index < -0.39 is 0 Å². The fraction of sp³-hybridized carbons (Fsp3) is 0.0909. The summed E-state index contributed by atoms with van der Waals surface area (Å²) in [6, 6.07) is 7.57. The number of hydrogen-bond acceptors (Lipinski definition) is 5. The molecule has 2 aromatic rings. The predicted molar refractivity (Wildman–Crippen MR) is 72.2 cm³/mol. The Balaban J connectivity index is 2.29. The standard InChI is InChI=1S/C11H10IN3O2/c1-16-9-10(13)14-6-15-11(9)17-8-4-2-7(12)3-5-8/h2-6H,1H3,(H2,13,14,15). The fourth-order valence-electron chi connectivity index (χ4n) is 1.25. The van der Waals surface area contributed by atoms with Crippen molar-refractivity contribution in [2.75, 3.05) is 12.8 Å². The van der Waals surface area contributed by atoms with Crippen LogP contribution in [0.2, 0.25) is 0 Å². The first-order chi connectivity index (χ1) is 8.20. The number of hydrogen-bond donors (Lipinski definition) is 1. The van der Waals surface area contributed by atoms with Gasteiger partial charge in [0.2, 0.25) is 5.75 Å². The Kier molecular flexibility index (Phi) is 3.62. The van der Waals surface area contributed by atoms with Crippen molar-refractivity contribution in [2.24, 2.45) is 0 Å². The van der Waals surface area contributed by atoms with Crippen LogP contribution in [-0.4, -0.2) is 17.1 Å². The number of nitrogens with zero attached hydrogens (tertiary/aromatic N) is 2. The topological polar surface area (TPSA) is 70.3 Å².